The Labute approximate surface area is 313 Å². The summed E-state index contributed by atoms with van der Waals surface area (Å²) < 4.78 is 5.52. The monoisotopic (exact) mass is 734 g/mol. The average molecular weight is 735 g/mol. The fraction of sp³-hybridized carbons (Fsp3) is 0.683. The second-order valence-corrected chi connectivity index (χ2v) is 16.9. The van der Waals surface area contributed by atoms with E-state index in [-0.39, 0.29) is 60.5 Å². The first-order chi connectivity index (χ1) is 25.1. The molecule has 4 amide bonds. The van der Waals surface area contributed by atoms with Crippen LogP contribution in [0.5, 0.6) is 0 Å². The molecule has 1 heterocycles. The molecule has 0 aromatic heterocycles. The van der Waals surface area contributed by atoms with Crippen molar-refractivity contribution < 1.29 is 38.3 Å². The summed E-state index contributed by atoms with van der Waals surface area (Å²) in [7, 11) is 3.19. The number of carbonyl (C=O) groups is 7. The van der Waals surface area contributed by atoms with Crippen molar-refractivity contribution in [3.05, 3.63) is 35.9 Å². The van der Waals surface area contributed by atoms with Crippen molar-refractivity contribution in [3.63, 3.8) is 0 Å². The summed E-state index contributed by atoms with van der Waals surface area (Å²) in [6, 6.07) is 6.36. The Morgan fingerprint density at radius 3 is 2.17 bits per heavy atom. The highest BCUT2D eigenvalue weighted by molar-refractivity contribution is 6.38. The Bertz CT molecular complexity index is 1530. The first kappa shape index (κ1) is 40.1. The number of nitrogens with one attached hydrogen (secondary N) is 2. The number of carbonyl (C=O) groups excluding carboxylic acids is 7. The smallest absolute Gasteiger partial charge is 0.408 e. The zero-order chi connectivity index (χ0) is 38.4. The Morgan fingerprint density at radius 1 is 0.887 bits per heavy atom. The molecule has 53 heavy (non-hydrogen) atoms. The summed E-state index contributed by atoms with van der Waals surface area (Å²) in [6.07, 6.45) is 7.27. The molecule has 1 unspecified atom stereocenters. The fourth-order valence-electron chi connectivity index (χ4n) is 8.35. The molecule has 1 aromatic rings. The van der Waals surface area contributed by atoms with E-state index in [1.165, 1.54) is 4.90 Å². The van der Waals surface area contributed by atoms with E-state index >= 15 is 0 Å². The van der Waals surface area contributed by atoms with Crippen LogP contribution in [0.1, 0.15) is 116 Å². The van der Waals surface area contributed by atoms with Crippen molar-refractivity contribution in [1.29, 1.82) is 0 Å². The number of piperidine rings is 1. The number of likely N-dealkylation sites (N-methyl/N-ethyl adjacent to an activating group) is 1. The number of likely N-dealkylation sites (tertiary alicyclic amines) is 1. The summed E-state index contributed by atoms with van der Waals surface area (Å²) in [5.41, 5.74) is -0.138. The third-order valence-electron chi connectivity index (χ3n) is 11.5. The SMILES string of the molecule is CN(C)C(=O)[C@@H](NC(=O)CCC(=O)C(=O)C(CC(=O)[C@@H]1[C@H]2C[C@H]2CN1C(=O)[C@@H](NC(=O)OC(C)(C)C)C1CCCCC1)CC1CCC1)c1ccccc1. The molecule has 3 aliphatic carbocycles. The van der Waals surface area contributed by atoms with Gasteiger partial charge in [0.05, 0.1) is 6.04 Å². The molecule has 0 spiro atoms. The van der Waals surface area contributed by atoms with Gasteiger partial charge < -0.3 is 25.2 Å². The minimum Gasteiger partial charge on any atom is -0.444 e. The quantitative estimate of drug-likeness (QED) is 0.226. The molecule has 0 radical (unpaired) electrons. The van der Waals surface area contributed by atoms with Gasteiger partial charge in [0.15, 0.2) is 11.6 Å². The second-order valence-electron chi connectivity index (χ2n) is 16.9. The van der Waals surface area contributed by atoms with Gasteiger partial charge in [-0.25, -0.2) is 4.79 Å². The molecule has 12 nitrogen and oxygen atoms in total. The van der Waals surface area contributed by atoms with Crippen LogP contribution in [0.25, 0.3) is 0 Å². The number of hydrogen-bond donors (Lipinski definition) is 2. The summed E-state index contributed by atoms with van der Waals surface area (Å²) in [4.78, 5) is 97.4. The van der Waals surface area contributed by atoms with Gasteiger partial charge in [0.1, 0.15) is 17.7 Å². The van der Waals surface area contributed by atoms with Crippen LogP contribution in [0.15, 0.2) is 30.3 Å². The molecule has 2 N–H and O–H groups in total. The van der Waals surface area contributed by atoms with Gasteiger partial charge in [0.2, 0.25) is 23.5 Å². The van der Waals surface area contributed by atoms with Crippen molar-refractivity contribution >= 4 is 41.2 Å². The second kappa shape index (κ2) is 17.4. The average Bonchev–Trinajstić information content (AvgIpc) is 3.76. The van der Waals surface area contributed by atoms with Crippen LogP contribution < -0.4 is 10.6 Å². The van der Waals surface area contributed by atoms with Crippen LogP contribution in [0.3, 0.4) is 0 Å². The highest BCUT2D eigenvalue weighted by Crippen LogP contribution is 2.51. The zero-order valence-corrected chi connectivity index (χ0v) is 32.1. The summed E-state index contributed by atoms with van der Waals surface area (Å²) in [6.45, 7) is 5.73. The maximum absolute atomic E-state index is 14.3. The standard InChI is InChI=1S/C41H58N4O8/c1-41(2,3)53-40(52)43-35(27-17-10-7-11-18-27)39(51)45-24-29-22-30(29)36(45)32(47)23-28(21-25-13-12-14-25)37(49)31(46)19-20-33(48)42-34(38(50)44(4)5)26-15-8-6-9-16-26/h6,8-9,15-16,25,27-30,34-36H,7,10-14,17-24H2,1-5H3,(H,42,48)(H,43,52)/t28?,29-,30-,34-,35-,36-/m0/s1. The van der Waals surface area contributed by atoms with Crippen LogP contribution in [-0.2, 0) is 33.5 Å². The lowest BCUT2D eigenvalue weighted by atomic mass is 9.75. The molecule has 1 saturated heterocycles. The van der Waals surface area contributed by atoms with Gasteiger partial charge in [-0.1, -0.05) is 68.9 Å². The van der Waals surface area contributed by atoms with E-state index in [0.29, 0.717) is 18.5 Å². The van der Waals surface area contributed by atoms with E-state index in [1.807, 2.05) is 0 Å². The van der Waals surface area contributed by atoms with Gasteiger partial charge in [-0.2, -0.15) is 0 Å². The normalized spacial score (nSPS) is 23.0. The Kier molecular flexibility index (Phi) is 13.1. The molecule has 5 rings (SSSR count). The minimum atomic E-state index is -0.936. The van der Waals surface area contributed by atoms with Crippen molar-refractivity contribution in [3.8, 4) is 0 Å². The van der Waals surface area contributed by atoms with Gasteiger partial charge in [0.25, 0.3) is 0 Å². The first-order valence-electron chi connectivity index (χ1n) is 19.6. The number of hydrogen-bond acceptors (Lipinski definition) is 8. The number of fused-ring (bicyclic) bond motifs is 1. The maximum Gasteiger partial charge on any atom is 0.408 e. The van der Waals surface area contributed by atoms with Gasteiger partial charge in [-0.05, 0) is 75.7 Å². The van der Waals surface area contributed by atoms with Gasteiger partial charge >= 0.3 is 6.09 Å². The summed E-state index contributed by atoms with van der Waals surface area (Å²) >= 11 is 0. The lowest BCUT2D eigenvalue weighted by Crippen LogP contribution is -2.56. The lowest BCUT2D eigenvalue weighted by molar-refractivity contribution is -0.144. The Balaban J connectivity index is 1.25. The fourth-order valence-corrected chi connectivity index (χ4v) is 8.35. The van der Waals surface area contributed by atoms with E-state index in [4.69, 9.17) is 4.74 Å². The van der Waals surface area contributed by atoms with Crippen LogP contribution in [0.2, 0.25) is 0 Å². The third-order valence-corrected chi connectivity index (χ3v) is 11.5. The van der Waals surface area contributed by atoms with E-state index in [1.54, 1.807) is 70.1 Å². The maximum atomic E-state index is 14.3. The molecule has 4 aliphatic rings. The van der Waals surface area contributed by atoms with E-state index in [9.17, 15) is 33.6 Å². The van der Waals surface area contributed by atoms with E-state index in [2.05, 4.69) is 10.6 Å². The molecular formula is C41H58N4O8. The van der Waals surface area contributed by atoms with Crippen molar-refractivity contribution in [2.75, 3.05) is 20.6 Å². The number of benzene rings is 1. The number of alkyl carbamates (subject to hydrolysis) is 1. The van der Waals surface area contributed by atoms with Crippen LogP contribution >= 0.6 is 0 Å². The van der Waals surface area contributed by atoms with E-state index < -0.39 is 53.2 Å². The minimum absolute atomic E-state index is 0.00118. The molecule has 1 aliphatic heterocycles. The summed E-state index contributed by atoms with van der Waals surface area (Å²) in [5.74, 6) is -3.20. The molecule has 0 bridgehead atoms. The first-order valence-corrected chi connectivity index (χ1v) is 19.6. The largest absolute Gasteiger partial charge is 0.444 e. The van der Waals surface area contributed by atoms with Gasteiger partial charge in [-0.3, -0.25) is 28.8 Å². The number of nitrogens with zero attached hydrogens (tertiary/aromatic N) is 2. The number of Topliss-reactive ketones (excluding diaryl/α,β-unsaturated/α-hetero) is 3. The third kappa shape index (κ3) is 10.5. The molecule has 1 aromatic carbocycles. The highest BCUT2D eigenvalue weighted by Gasteiger charge is 2.58. The summed E-state index contributed by atoms with van der Waals surface area (Å²) in [5, 5.41) is 5.58. The topological polar surface area (TPSA) is 159 Å². The lowest BCUT2D eigenvalue weighted by Gasteiger charge is -2.36. The Morgan fingerprint density at radius 2 is 1.57 bits per heavy atom. The zero-order valence-electron chi connectivity index (χ0n) is 32.1. The molecule has 3 saturated carbocycles. The predicted molar refractivity (Wildman–Crippen MR) is 197 cm³/mol. The van der Waals surface area contributed by atoms with E-state index in [0.717, 1.165) is 57.8 Å². The van der Waals surface area contributed by atoms with Crippen molar-refractivity contribution in [2.24, 2.45) is 29.6 Å². The number of ether oxygens (including phenoxy) is 1. The van der Waals surface area contributed by atoms with Crippen LogP contribution in [0, 0.1) is 29.6 Å². The molecule has 6 atom stereocenters. The molecular weight excluding hydrogens is 676 g/mol. The van der Waals surface area contributed by atoms with Gasteiger partial charge in [0, 0.05) is 45.8 Å². The predicted octanol–water partition coefficient (Wildman–Crippen LogP) is 4.94. The van der Waals surface area contributed by atoms with Crippen molar-refractivity contribution in [1.82, 2.24) is 20.4 Å². The van der Waals surface area contributed by atoms with Crippen LogP contribution in [0.4, 0.5) is 4.79 Å². The molecule has 4 fully saturated rings. The highest BCUT2D eigenvalue weighted by atomic mass is 16.6. The number of rotatable bonds is 16. The van der Waals surface area contributed by atoms with Crippen LogP contribution in [-0.4, -0.2) is 89.3 Å². The molecule has 12 heteroatoms. The van der Waals surface area contributed by atoms with Gasteiger partial charge in [-0.15, -0.1) is 0 Å². The van der Waals surface area contributed by atoms with Crippen molar-refractivity contribution in [2.45, 2.75) is 128 Å². The Hall–Kier alpha value is -4.09. The number of ketones is 3. The number of amides is 4. The molecule has 290 valence electrons.